The highest BCUT2D eigenvalue weighted by Crippen LogP contribution is 2.20. The number of imidazole rings is 1. The summed E-state index contributed by atoms with van der Waals surface area (Å²) in [6.45, 7) is -0.185. The lowest BCUT2D eigenvalue weighted by molar-refractivity contribution is -0.120. The topological polar surface area (TPSA) is 76.0 Å². The Bertz CT molecular complexity index is 923. The number of hydrogen-bond acceptors (Lipinski definition) is 3. The van der Waals surface area contributed by atoms with E-state index >= 15 is 0 Å². The monoisotopic (exact) mass is 366 g/mol. The van der Waals surface area contributed by atoms with Gasteiger partial charge in [-0.25, -0.2) is 9.37 Å². The van der Waals surface area contributed by atoms with Crippen molar-refractivity contribution in [3.63, 3.8) is 0 Å². The molecule has 7 heteroatoms. The first-order valence-corrected chi connectivity index (χ1v) is 8.40. The van der Waals surface area contributed by atoms with Crippen molar-refractivity contribution in [2.45, 2.75) is 6.04 Å². The summed E-state index contributed by atoms with van der Waals surface area (Å²) in [5.41, 5.74) is 1.16. The van der Waals surface area contributed by atoms with Crippen LogP contribution in [0.4, 0.5) is 4.39 Å². The molecule has 0 unspecified atom stereocenters. The molecule has 0 aliphatic heterocycles. The molecule has 3 aromatic rings. The Hall–Kier alpha value is -3.48. The normalized spacial score (nSPS) is 11.6. The maximum absolute atomic E-state index is 13.2. The van der Waals surface area contributed by atoms with Gasteiger partial charge in [0.15, 0.2) is 0 Å². The van der Waals surface area contributed by atoms with Gasteiger partial charge in [-0.1, -0.05) is 30.3 Å². The summed E-state index contributed by atoms with van der Waals surface area (Å²) in [7, 11) is 1.81. The number of carbonyl (C=O) groups excluding carboxylic acids is 2. The van der Waals surface area contributed by atoms with Crippen molar-refractivity contribution in [3.8, 4) is 0 Å². The zero-order valence-electron chi connectivity index (χ0n) is 14.7. The summed E-state index contributed by atoms with van der Waals surface area (Å²) >= 11 is 0. The van der Waals surface area contributed by atoms with Gasteiger partial charge in [-0.15, -0.1) is 0 Å². The first-order chi connectivity index (χ1) is 13.0. The van der Waals surface area contributed by atoms with Gasteiger partial charge < -0.3 is 15.2 Å². The Balaban J connectivity index is 1.70. The maximum Gasteiger partial charge on any atom is 0.251 e. The van der Waals surface area contributed by atoms with Crippen molar-refractivity contribution in [1.82, 2.24) is 20.2 Å². The van der Waals surface area contributed by atoms with E-state index in [1.807, 2.05) is 13.1 Å². The number of nitrogens with one attached hydrogen (secondary N) is 2. The minimum Gasteiger partial charge on any atom is -0.343 e. The maximum atomic E-state index is 13.2. The van der Waals surface area contributed by atoms with Gasteiger partial charge in [0.2, 0.25) is 5.91 Å². The lowest BCUT2D eigenvalue weighted by Crippen LogP contribution is -2.39. The highest BCUT2D eigenvalue weighted by atomic mass is 19.1. The molecule has 1 heterocycles. The number of rotatable bonds is 6. The second-order valence-electron chi connectivity index (χ2n) is 6.00. The first kappa shape index (κ1) is 18.3. The summed E-state index contributed by atoms with van der Waals surface area (Å²) in [6.07, 6.45) is 3.38. The zero-order valence-corrected chi connectivity index (χ0v) is 14.7. The number of carbonyl (C=O) groups is 2. The van der Waals surface area contributed by atoms with E-state index in [0.29, 0.717) is 17.0 Å². The predicted molar refractivity (Wildman–Crippen MR) is 98.4 cm³/mol. The van der Waals surface area contributed by atoms with Gasteiger partial charge in [0.05, 0.1) is 6.54 Å². The van der Waals surface area contributed by atoms with Crippen molar-refractivity contribution in [2.75, 3.05) is 6.54 Å². The van der Waals surface area contributed by atoms with Crippen molar-refractivity contribution in [2.24, 2.45) is 7.05 Å². The molecular weight excluding hydrogens is 347 g/mol. The minimum atomic E-state index is -0.563. The summed E-state index contributed by atoms with van der Waals surface area (Å²) in [5, 5.41) is 5.43. The third kappa shape index (κ3) is 4.58. The van der Waals surface area contributed by atoms with Crippen LogP contribution in [-0.4, -0.2) is 27.9 Å². The molecule has 0 saturated heterocycles. The van der Waals surface area contributed by atoms with E-state index in [2.05, 4.69) is 15.6 Å². The van der Waals surface area contributed by atoms with Crippen LogP contribution in [-0.2, 0) is 11.8 Å². The molecule has 27 heavy (non-hydrogen) atoms. The third-order valence-electron chi connectivity index (χ3n) is 4.07. The molecule has 2 amide bonds. The number of amides is 2. The van der Waals surface area contributed by atoms with Gasteiger partial charge in [0.1, 0.15) is 17.7 Å². The number of benzene rings is 2. The average molecular weight is 366 g/mol. The summed E-state index contributed by atoms with van der Waals surface area (Å²) in [4.78, 5) is 28.8. The largest absolute Gasteiger partial charge is 0.343 e. The minimum absolute atomic E-state index is 0.185. The van der Waals surface area contributed by atoms with E-state index in [4.69, 9.17) is 0 Å². The SMILES string of the molecule is Cn1ccnc1[C@H](NC(=O)CNC(=O)c1ccccc1)c1ccc(F)cc1. The fraction of sp³-hybridized carbons (Fsp3) is 0.150. The van der Waals surface area contributed by atoms with Crippen LogP contribution in [0.3, 0.4) is 0 Å². The summed E-state index contributed by atoms with van der Waals surface area (Å²) in [5.74, 6) is -0.471. The molecule has 0 saturated carbocycles. The second-order valence-corrected chi connectivity index (χ2v) is 6.00. The van der Waals surface area contributed by atoms with E-state index in [-0.39, 0.29) is 24.2 Å². The van der Waals surface area contributed by atoms with Crippen molar-refractivity contribution in [1.29, 1.82) is 0 Å². The molecule has 0 fully saturated rings. The van der Waals surface area contributed by atoms with E-state index in [9.17, 15) is 14.0 Å². The van der Waals surface area contributed by atoms with Crippen LogP contribution in [0.25, 0.3) is 0 Å². The fourth-order valence-corrected chi connectivity index (χ4v) is 2.67. The molecular formula is C20H19FN4O2. The molecule has 3 rings (SSSR count). The molecule has 1 aromatic heterocycles. The van der Waals surface area contributed by atoms with Crippen molar-refractivity contribution >= 4 is 11.8 Å². The first-order valence-electron chi connectivity index (χ1n) is 8.40. The number of aryl methyl sites for hydroxylation is 1. The molecule has 0 radical (unpaired) electrons. The van der Waals surface area contributed by atoms with E-state index in [1.54, 1.807) is 53.4 Å². The van der Waals surface area contributed by atoms with Crippen molar-refractivity contribution < 1.29 is 14.0 Å². The van der Waals surface area contributed by atoms with E-state index < -0.39 is 6.04 Å². The third-order valence-corrected chi connectivity index (χ3v) is 4.07. The molecule has 2 N–H and O–H groups in total. The van der Waals surface area contributed by atoms with Gasteiger partial charge in [-0.2, -0.15) is 0 Å². The predicted octanol–water partition coefficient (Wildman–Crippen LogP) is 2.19. The Kier molecular flexibility index (Phi) is 5.61. The number of nitrogens with zero attached hydrogens (tertiary/aromatic N) is 2. The Morgan fingerprint density at radius 1 is 1.11 bits per heavy atom. The second kappa shape index (κ2) is 8.27. The van der Waals surface area contributed by atoms with Gasteiger partial charge >= 0.3 is 0 Å². The van der Waals surface area contributed by atoms with Crippen LogP contribution >= 0.6 is 0 Å². The quantitative estimate of drug-likeness (QED) is 0.702. The smallest absolute Gasteiger partial charge is 0.251 e. The average Bonchev–Trinajstić information content (AvgIpc) is 3.11. The van der Waals surface area contributed by atoms with Crippen molar-refractivity contribution in [3.05, 3.63) is 89.8 Å². The number of aromatic nitrogens is 2. The van der Waals surface area contributed by atoms with E-state index in [1.165, 1.54) is 12.1 Å². The van der Waals surface area contributed by atoms with Crippen LogP contribution in [0.15, 0.2) is 67.0 Å². The van der Waals surface area contributed by atoms with Gasteiger partial charge in [-0.3, -0.25) is 9.59 Å². The summed E-state index contributed by atoms with van der Waals surface area (Å²) < 4.78 is 15.0. The molecule has 2 aromatic carbocycles. The van der Waals surface area contributed by atoms with Gasteiger partial charge in [0.25, 0.3) is 5.91 Å². The number of halogens is 1. The molecule has 6 nitrogen and oxygen atoms in total. The summed E-state index contributed by atoms with van der Waals surface area (Å²) in [6, 6.07) is 13.9. The standard InChI is InChI=1S/C20H19FN4O2/c1-25-12-11-22-19(25)18(14-7-9-16(21)10-8-14)24-17(26)13-23-20(27)15-5-3-2-4-6-15/h2-12,18H,13H2,1H3,(H,23,27)(H,24,26)/t18-/m1/s1. The lowest BCUT2D eigenvalue weighted by atomic mass is 10.1. The fourth-order valence-electron chi connectivity index (χ4n) is 2.67. The van der Waals surface area contributed by atoms with Crippen LogP contribution in [0, 0.1) is 5.82 Å². The molecule has 0 spiro atoms. The zero-order chi connectivity index (χ0) is 19.2. The highest BCUT2D eigenvalue weighted by Gasteiger charge is 2.21. The molecule has 0 aliphatic rings. The Morgan fingerprint density at radius 3 is 2.44 bits per heavy atom. The lowest BCUT2D eigenvalue weighted by Gasteiger charge is -2.19. The Labute approximate surface area is 156 Å². The molecule has 0 aliphatic carbocycles. The number of hydrogen-bond donors (Lipinski definition) is 2. The Morgan fingerprint density at radius 2 is 1.81 bits per heavy atom. The van der Waals surface area contributed by atoms with Gasteiger partial charge in [-0.05, 0) is 29.8 Å². The van der Waals surface area contributed by atoms with Crippen LogP contribution in [0.1, 0.15) is 27.8 Å². The van der Waals surface area contributed by atoms with Crippen LogP contribution in [0.5, 0.6) is 0 Å². The van der Waals surface area contributed by atoms with E-state index in [0.717, 1.165) is 0 Å². The molecule has 0 bridgehead atoms. The van der Waals surface area contributed by atoms with Crippen LogP contribution < -0.4 is 10.6 Å². The molecule has 1 atom stereocenters. The highest BCUT2D eigenvalue weighted by molar-refractivity contribution is 5.96. The molecule has 138 valence electrons. The van der Waals surface area contributed by atoms with Crippen LogP contribution in [0.2, 0.25) is 0 Å². The van der Waals surface area contributed by atoms with Gasteiger partial charge in [0, 0.05) is 25.0 Å².